The number of anilines is 1. The molecular formula is C28H24ClFN6O. The number of rotatable bonds is 6. The highest BCUT2D eigenvalue weighted by molar-refractivity contribution is 6.34. The van der Waals surface area contributed by atoms with Gasteiger partial charge in [0.2, 0.25) is 0 Å². The Morgan fingerprint density at radius 3 is 2.22 bits per heavy atom. The van der Waals surface area contributed by atoms with E-state index in [1.807, 2.05) is 25.1 Å². The number of halogens is 2. The van der Waals surface area contributed by atoms with Gasteiger partial charge in [-0.25, -0.2) is 24.3 Å². The van der Waals surface area contributed by atoms with Gasteiger partial charge in [0, 0.05) is 53.1 Å². The summed E-state index contributed by atoms with van der Waals surface area (Å²) in [5.74, 6) is 0.00377. The van der Waals surface area contributed by atoms with Gasteiger partial charge >= 0.3 is 0 Å². The standard InChI is InChI=1S/C28H24ClFN6O/c1-16(21-8-17(4-6-24(21)30)19-10-31-15-32-11-19)36-26-22-9-18(5-7-25(22)33-14-23(26)29)20-12-34-27(35-13-20)28(2,3)37/h4-16,37H,1-3H3,(H,33,36)/t16-/m1/s1. The van der Waals surface area contributed by atoms with Gasteiger partial charge in [0.15, 0.2) is 5.82 Å². The first kappa shape index (κ1) is 24.7. The van der Waals surface area contributed by atoms with E-state index < -0.39 is 11.6 Å². The maximum absolute atomic E-state index is 14.9. The van der Waals surface area contributed by atoms with Gasteiger partial charge in [-0.3, -0.25) is 4.98 Å². The predicted molar refractivity (Wildman–Crippen MR) is 142 cm³/mol. The van der Waals surface area contributed by atoms with Crippen LogP contribution in [0.4, 0.5) is 10.1 Å². The molecule has 186 valence electrons. The summed E-state index contributed by atoms with van der Waals surface area (Å²) in [6.45, 7) is 5.15. The van der Waals surface area contributed by atoms with Crippen molar-refractivity contribution in [2.45, 2.75) is 32.4 Å². The van der Waals surface area contributed by atoms with Gasteiger partial charge in [0.25, 0.3) is 0 Å². The molecule has 0 amide bonds. The minimum atomic E-state index is -1.13. The first-order valence-electron chi connectivity index (χ1n) is 11.7. The molecule has 5 aromatic rings. The summed E-state index contributed by atoms with van der Waals surface area (Å²) < 4.78 is 14.9. The van der Waals surface area contributed by atoms with Crippen molar-refractivity contribution in [3.63, 3.8) is 0 Å². The zero-order chi connectivity index (χ0) is 26.2. The Hall–Kier alpha value is -4.01. The number of aromatic nitrogens is 5. The van der Waals surface area contributed by atoms with E-state index in [-0.39, 0.29) is 5.82 Å². The lowest BCUT2D eigenvalue weighted by molar-refractivity contribution is 0.0687. The molecule has 5 rings (SSSR count). The number of nitrogens with one attached hydrogen (secondary N) is 1. The van der Waals surface area contributed by atoms with Gasteiger partial charge in [-0.15, -0.1) is 0 Å². The molecule has 0 saturated heterocycles. The maximum Gasteiger partial charge on any atom is 0.159 e. The Morgan fingerprint density at radius 1 is 0.865 bits per heavy atom. The molecule has 0 spiro atoms. The van der Waals surface area contributed by atoms with Crippen molar-refractivity contribution in [1.29, 1.82) is 0 Å². The SMILES string of the molecule is C[C@@H](Nc1c(Cl)cnc2ccc(-c3cnc(C(C)(C)O)nc3)cc12)c1cc(-c2cncnc2)ccc1F. The molecule has 2 aromatic carbocycles. The van der Waals surface area contributed by atoms with Crippen LogP contribution in [-0.4, -0.2) is 30.0 Å². The van der Waals surface area contributed by atoms with E-state index in [4.69, 9.17) is 11.6 Å². The molecule has 3 heterocycles. The normalized spacial score (nSPS) is 12.5. The zero-order valence-electron chi connectivity index (χ0n) is 20.4. The second-order valence-corrected chi connectivity index (χ2v) is 9.70. The van der Waals surface area contributed by atoms with E-state index in [0.717, 1.165) is 33.2 Å². The molecule has 0 aliphatic carbocycles. The average Bonchev–Trinajstić information content (AvgIpc) is 2.90. The van der Waals surface area contributed by atoms with Crippen molar-refractivity contribution in [1.82, 2.24) is 24.9 Å². The van der Waals surface area contributed by atoms with Gasteiger partial charge in [-0.2, -0.15) is 0 Å². The van der Waals surface area contributed by atoms with Gasteiger partial charge in [0.1, 0.15) is 17.7 Å². The molecule has 7 nitrogen and oxygen atoms in total. The number of nitrogens with zero attached hydrogens (tertiary/aromatic N) is 5. The lowest BCUT2D eigenvalue weighted by atomic mass is 10.00. The van der Waals surface area contributed by atoms with Crippen molar-refractivity contribution in [3.8, 4) is 22.3 Å². The van der Waals surface area contributed by atoms with E-state index in [0.29, 0.717) is 22.1 Å². The second-order valence-electron chi connectivity index (χ2n) is 9.30. The predicted octanol–water partition coefficient (Wildman–Crippen LogP) is 6.34. The Kier molecular flexibility index (Phi) is 6.54. The van der Waals surface area contributed by atoms with Crippen LogP contribution in [0.2, 0.25) is 5.02 Å². The van der Waals surface area contributed by atoms with Crippen molar-refractivity contribution < 1.29 is 9.50 Å². The summed E-state index contributed by atoms with van der Waals surface area (Å²) in [6.07, 6.45) is 9.75. The third kappa shape index (κ3) is 5.12. The van der Waals surface area contributed by atoms with Crippen molar-refractivity contribution in [3.05, 3.63) is 95.9 Å². The summed E-state index contributed by atoms with van der Waals surface area (Å²) in [5.41, 5.74) is 3.96. The molecule has 0 aliphatic rings. The zero-order valence-corrected chi connectivity index (χ0v) is 21.2. The largest absolute Gasteiger partial charge is 0.382 e. The lowest BCUT2D eigenvalue weighted by Gasteiger charge is -2.20. The number of pyridine rings is 1. The van der Waals surface area contributed by atoms with Gasteiger partial charge in [0.05, 0.1) is 22.3 Å². The monoisotopic (exact) mass is 514 g/mol. The summed E-state index contributed by atoms with van der Waals surface area (Å²) in [6, 6.07) is 10.3. The number of hydrogen-bond acceptors (Lipinski definition) is 7. The van der Waals surface area contributed by atoms with Gasteiger partial charge in [-0.05, 0) is 56.2 Å². The molecular weight excluding hydrogens is 491 g/mol. The molecule has 2 N–H and O–H groups in total. The molecule has 0 saturated carbocycles. The Labute approximate surface area is 218 Å². The van der Waals surface area contributed by atoms with Crippen LogP contribution in [0, 0.1) is 5.82 Å². The quantitative estimate of drug-likeness (QED) is 0.273. The fourth-order valence-electron chi connectivity index (χ4n) is 4.09. The molecule has 37 heavy (non-hydrogen) atoms. The van der Waals surface area contributed by atoms with Crippen LogP contribution in [0.25, 0.3) is 33.2 Å². The summed E-state index contributed by atoms with van der Waals surface area (Å²) in [5, 5.41) is 14.7. The van der Waals surface area contributed by atoms with E-state index in [2.05, 4.69) is 30.2 Å². The van der Waals surface area contributed by atoms with E-state index >= 15 is 0 Å². The highest BCUT2D eigenvalue weighted by atomic mass is 35.5. The molecule has 0 radical (unpaired) electrons. The first-order valence-corrected chi connectivity index (χ1v) is 12.0. The van der Waals surface area contributed by atoms with E-state index in [9.17, 15) is 9.50 Å². The maximum atomic E-state index is 14.9. The van der Waals surface area contributed by atoms with Crippen LogP contribution < -0.4 is 5.32 Å². The van der Waals surface area contributed by atoms with Gasteiger partial charge in [-0.1, -0.05) is 23.7 Å². The van der Waals surface area contributed by atoms with Crippen molar-refractivity contribution in [2.24, 2.45) is 0 Å². The number of aliphatic hydroxyl groups is 1. The number of hydrogen-bond donors (Lipinski definition) is 2. The lowest BCUT2D eigenvalue weighted by Crippen LogP contribution is -2.19. The van der Waals surface area contributed by atoms with Crippen LogP contribution >= 0.6 is 11.6 Å². The highest BCUT2D eigenvalue weighted by Gasteiger charge is 2.20. The third-order valence-electron chi connectivity index (χ3n) is 6.07. The van der Waals surface area contributed by atoms with E-state index in [1.165, 1.54) is 12.4 Å². The minimum Gasteiger partial charge on any atom is -0.382 e. The first-order chi connectivity index (χ1) is 17.7. The summed E-state index contributed by atoms with van der Waals surface area (Å²) >= 11 is 6.58. The van der Waals surface area contributed by atoms with Crippen LogP contribution in [0.15, 0.2) is 73.7 Å². The smallest absolute Gasteiger partial charge is 0.159 e. The Morgan fingerprint density at radius 2 is 1.51 bits per heavy atom. The van der Waals surface area contributed by atoms with Gasteiger partial charge < -0.3 is 10.4 Å². The molecule has 1 atom stereocenters. The molecule has 0 bridgehead atoms. The van der Waals surface area contributed by atoms with Crippen molar-refractivity contribution >= 4 is 28.2 Å². The third-order valence-corrected chi connectivity index (χ3v) is 6.36. The van der Waals surface area contributed by atoms with Crippen LogP contribution in [0.5, 0.6) is 0 Å². The highest BCUT2D eigenvalue weighted by Crippen LogP contribution is 2.36. The van der Waals surface area contributed by atoms with Crippen molar-refractivity contribution in [2.75, 3.05) is 5.32 Å². The van der Waals surface area contributed by atoms with Crippen LogP contribution in [0.1, 0.15) is 38.2 Å². The minimum absolute atomic E-state index is 0.334. The molecule has 0 fully saturated rings. The van der Waals surface area contributed by atoms with Crippen LogP contribution in [0.3, 0.4) is 0 Å². The fourth-order valence-corrected chi connectivity index (χ4v) is 4.29. The number of benzene rings is 2. The fraction of sp³-hybridized carbons (Fsp3) is 0.179. The molecule has 0 aliphatic heterocycles. The molecule has 3 aromatic heterocycles. The topological polar surface area (TPSA) is 96.7 Å². The Bertz CT molecular complexity index is 1570. The van der Waals surface area contributed by atoms with E-state index in [1.54, 1.807) is 57.0 Å². The average molecular weight is 515 g/mol. The summed E-state index contributed by atoms with van der Waals surface area (Å²) in [4.78, 5) is 21.2. The number of fused-ring (bicyclic) bond motifs is 1. The summed E-state index contributed by atoms with van der Waals surface area (Å²) in [7, 11) is 0. The van der Waals surface area contributed by atoms with Crippen LogP contribution in [-0.2, 0) is 5.60 Å². The Balaban J connectivity index is 1.51. The molecule has 0 unspecified atom stereocenters. The molecule has 9 heteroatoms. The second kappa shape index (κ2) is 9.80.